The molecule has 3 heterocycles. The zero-order chi connectivity index (χ0) is 14.6. The van der Waals surface area contributed by atoms with Gasteiger partial charge in [-0.3, -0.25) is 9.69 Å². The van der Waals surface area contributed by atoms with Crippen molar-refractivity contribution < 1.29 is 14.6 Å². The number of hydrogen-bond acceptors (Lipinski definition) is 3. The number of rotatable bonds is 2. The van der Waals surface area contributed by atoms with Crippen LogP contribution in [-0.2, 0) is 4.79 Å². The summed E-state index contributed by atoms with van der Waals surface area (Å²) in [6.45, 7) is 1.71. The number of nitrogens with zero attached hydrogens (tertiary/aromatic N) is 1. The van der Waals surface area contributed by atoms with E-state index in [4.69, 9.17) is 4.74 Å². The maximum atomic E-state index is 11.7. The number of methoxy groups -OCH3 is 1. The van der Waals surface area contributed by atoms with E-state index in [2.05, 4.69) is 9.88 Å². The highest BCUT2D eigenvalue weighted by atomic mass is 16.5. The molecule has 0 radical (unpaired) electrons. The van der Waals surface area contributed by atoms with Crippen molar-refractivity contribution >= 4 is 16.9 Å². The standard InChI is InChI=1S/C16H18N2O3/c1-21-10-4-5-12-11(7-10)13-9-3-2-6-18(8-9)15(16(19)20)14(13)17-12/h4-5,7,9,15,17H,2-3,6,8H2,1H3,(H,19,20). The fourth-order valence-electron chi connectivity index (χ4n) is 3.93. The second-order valence-corrected chi connectivity index (χ2v) is 5.94. The Morgan fingerprint density at radius 2 is 2.33 bits per heavy atom. The Hall–Kier alpha value is -2.01. The summed E-state index contributed by atoms with van der Waals surface area (Å²) in [7, 11) is 1.66. The Morgan fingerprint density at radius 3 is 3.10 bits per heavy atom. The van der Waals surface area contributed by atoms with Crippen molar-refractivity contribution in [3.8, 4) is 5.75 Å². The summed E-state index contributed by atoms with van der Waals surface area (Å²) in [6, 6.07) is 5.36. The SMILES string of the molecule is COc1ccc2[nH]c3c(c2c1)C1CCCN(C1)C3C(=O)O. The Kier molecular flexibility index (Phi) is 2.72. The molecule has 5 nitrogen and oxygen atoms in total. The van der Waals surface area contributed by atoms with Crippen LogP contribution in [0, 0.1) is 0 Å². The van der Waals surface area contributed by atoms with Crippen LogP contribution < -0.4 is 4.74 Å². The molecule has 21 heavy (non-hydrogen) atoms. The zero-order valence-corrected chi connectivity index (χ0v) is 11.9. The van der Waals surface area contributed by atoms with Gasteiger partial charge in [-0.25, -0.2) is 0 Å². The molecule has 3 unspecified atom stereocenters. The van der Waals surface area contributed by atoms with Crippen LogP contribution in [0.4, 0.5) is 0 Å². The molecule has 110 valence electrons. The molecule has 0 aliphatic carbocycles. The molecular formula is C16H18N2O3. The average Bonchev–Trinajstić information content (AvgIpc) is 2.85. The first-order valence-corrected chi connectivity index (χ1v) is 7.35. The van der Waals surface area contributed by atoms with Crippen LogP contribution in [0.1, 0.15) is 36.1 Å². The number of piperidine rings is 1. The number of fused-ring (bicyclic) bond motifs is 6. The number of aliphatic carboxylic acids is 1. The van der Waals surface area contributed by atoms with Crippen molar-refractivity contribution in [1.29, 1.82) is 0 Å². The lowest BCUT2D eigenvalue weighted by molar-refractivity contribution is -0.144. The number of aromatic nitrogens is 1. The number of hydrogen-bond donors (Lipinski definition) is 2. The lowest BCUT2D eigenvalue weighted by Gasteiger charge is -2.41. The molecule has 1 aromatic carbocycles. The number of carbonyl (C=O) groups is 1. The van der Waals surface area contributed by atoms with Gasteiger partial charge in [-0.05, 0) is 49.1 Å². The van der Waals surface area contributed by atoms with E-state index in [1.54, 1.807) is 7.11 Å². The highest BCUT2D eigenvalue weighted by Crippen LogP contribution is 2.45. The smallest absolute Gasteiger partial charge is 0.327 e. The van der Waals surface area contributed by atoms with Crippen molar-refractivity contribution in [2.24, 2.45) is 0 Å². The van der Waals surface area contributed by atoms with Crippen LogP contribution in [0.2, 0.25) is 0 Å². The van der Waals surface area contributed by atoms with Crippen LogP contribution in [0.25, 0.3) is 10.9 Å². The number of H-pyrrole nitrogens is 1. The number of nitrogens with one attached hydrogen (secondary N) is 1. The first kappa shape index (κ1) is 12.7. The molecular weight excluding hydrogens is 268 g/mol. The van der Waals surface area contributed by atoms with Gasteiger partial charge in [-0.2, -0.15) is 0 Å². The van der Waals surface area contributed by atoms with E-state index in [1.165, 1.54) is 5.56 Å². The third-order valence-electron chi connectivity index (χ3n) is 4.81. The van der Waals surface area contributed by atoms with Crippen LogP contribution in [0.3, 0.4) is 0 Å². The molecule has 2 aliphatic heterocycles. The van der Waals surface area contributed by atoms with E-state index in [1.807, 2.05) is 18.2 Å². The van der Waals surface area contributed by atoms with Gasteiger partial charge in [0.15, 0.2) is 0 Å². The van der Waals surface area contributed by atoms with E-state index in [-0.39, 0.29) is 0 Å². The summed E-state index contributed by atoms with van der Waals surface area (Å²) < 4.78 is 5.32. The second-order valence-electron chi connectivity index (χ2n) is 5.94. The third-order valence-corrected chi connectivity index (χ3v) is 4.81. The van der Waals surface area contributed by atoms with Crippen molar-refractivity contribution in [2.75, 3.05) is 20.2 Å². The first-order valence-electron chi connectivity index (χ1n) is 7.35. The van der Waals surface area contributed by atoms with Crippen molar-refractivity contribution in [3.05, 3.63) is 29.5 Å². The van der Waals surface area contributed by atoms with Gasteiger partial charge in [0.25, 0.3) is 0 Å². The fourth-order valence-corrected chi connectivity index (χ4v) is 3.93. The predicted molar refractivity (Wildman–Crippen MR) is 78.8 cm³/mol. The number of aromatic amines is 1. The molecule has 1 aromatic heterocycles. The Balaban J connectivity index is 1.97. The molecule has 2 aromatic rings. The van der Waals surface area contributed by atoms with Gasteiger partial charge in [0, 0.05) is 23.1 Å². The van der Waals surface area contributed by atoms with E-state index < -0.39 is 12.0 Å². The number of benzene rings is 1. The van der Waals surface area contributed by atoms with Crippen LogP contribution in [0.15, 0.2) is 18.2 Å². The largest absolute Gasteiger partial charge is 0.497 e. The lowest BCUT2D eigenvalue weighted by Crippen LogP contribution is -2.44. The van der Waals surface area contributed by atoms with Crippen molar-refractivity contribution in [2.45, 2.75) is 24.8 Å². The number of carboxylic acid groups (broad SMARTS) is 1. The zero-order valence-electron chi connectivity index (χ0n) is 11.9. The molecule has 0 spiro atoms. The van der Waals surface area contributed by atoms with Gasteiger partial charge in [0.2, 0.25) is 0 Å². The average molecular weight is 286 g/mol. The van der Waals surface area contributed by atoms with Crippen LogP contribution in [0.5, 0.6) is 5.75 Å². The first-order chi connectivity index (χ1) is 10.2. The number of carboxylic acids is 1. The Bertz CT molecular complexity index is 722. The fraction of sp³-hybridized carbons (Fsp3) is 0.438. The summed E-state index contributed by atoms with van der Waals surface area (Å²) >= 11 is 0. The summed E-state index contributed by atoms with van der Waals surface area (Å²) in [4.78, 5) is 17.2. The van der Waals surface area contributed by atoms with Gasteiger partial charge < -0.3 is 14.8 Å². The van der Waals surface area contributed by atoms with Gasteiger partial charge in [0.05, 0.1) is 7.11 Å². The van der Waals surface area contributed by atoms with Crippen LogP contribution in [-0.4, -0.2) is 41.2 Å². The number of ether oxygens (including phenoxy) is 1. The molecule has 1 fully saturated rings. The van der Waals surface area contributed by atoms with Gasteiger partial charge in [-0.15, -0.1) is 0 Å². The molecule has 1 saturated heterocycles. The van der Waals surface area contributed by atoms with Crippen LogP contribution >= 0.6 is 0 Å². The molecule has 2 bridgehead atoms. The summed E-state index contributed by atoms with van der Waals surface area (Å²) in [5, 5.41) is 10.7. The highest BCUT2D eigenvalue weighted by Gasteiger charge is 2.41. The van der Waals surface area contributed by atoms with E-state index >= 15 is 0 Å². The maximum Gasteiger partial charge on any atom is 0.327 e. The van der Waals surface area contributed by atoms with E-state index in [0.717, 1.165) is 48.3 Å². The van der Waals surface area contributed by atoms with Crippen molar-refractivity contribution in [1.82, 2.24) is 9.88 Å². The van der Waals surface area contributed by atoms with Crippen molar-refractivity contribution in [3.63, 3.8) is 0 Å². The summed E-state index contributed by atoms with van der Waals surface area (Å²) in [6.07, 6.45) is 2.19. The summed E-state index contributed by atoms with van der Waals surface area (Å²) in [5.41, 5.74) is 3.05. The Morgan fingerprint density at radius 1 is 1.48 bits per heavy atom. The second kappa shape index (κ2) is 4.49. The van der Waals surface area contributed by atoms with Gasteiger partial charge in [0.1, 0.15) is 11.8 Å². The topological polar surface area (TPSA) is 65.6 Å². The molecule has 5 heteroatoms. The normalized spacial score (nSPS) is 27.4. The highest BCUT2D eigenvalue weighted by molar-refractivity contribution is 5.90. The van der Waals surface area contributed by atoms with E-state index in [9.17, 15) is 9.90 Å². The maximum absolute atomic E-state index is 11.7. The molecule has 0 saturated carbocycles. The summed E-state index contributed by atoms with van der Waals surface area (Å²) in [5.74, 6) is 0.467. The molecule has 2 aliphatic rings. The molecule has 0 amide bonds. The molecule has 4 rings (SSSR count). The lowest BCUT2D eigenvalue weighted by atomic mass is 9.82. The molecule has 3 atom stereocenters. The van der Waals surface area contributed by atoms with E-state index in [0.29, 0.717) is 5.92 Å². The third kappa shape index (κ3) is 1.77. The van der Waals surface area contributed by atoms with Gasteiger partial charge >= 0.3 is 5.97 Å². The minimum Gasteiger partial charge on any atom is -0.497 e. The minimum absolute atomic E-state index is 0.421. The quantitative estimate of drug-likeness (QED) is 0.890. The molecule has 2 N–H and O–H groups in total. The van der Waals surface area contributed by atoms with Gasteiger partial charge in [-0.1, -0.05) is 0 Å². The minimum atomic E-state index is -0.768. The Labute approximate surface area is 122 Å². The predicted octanol–water partition coefficient (Wildman–Crippen LogP) is 2.50. The monoisotopic (exact) mass is 286 g/mol.